The summed E-state index contributed by atoms with van der Waals surface area (Å²) in [7, 11) is 1.82. The second-order valence-corrected chi connectivity index (χ2v) is 2.26. The predicted octanol–water partition coefficient (Wildman–Crippen LogP) is 1.36. The molecular weight excluding hydrogens is 124 g/mol. The summed E-state index contributed by atoms with van der Waals surface area (Å²) in [6.07, 6.45) is 2.04. The SMILES string of the molecule is CC=C(C)/C(C)=C(/N)NC. The smallest absolute Gasteiger partial charge is 0.0990 e. The van der Waals surface area contributed by atoms with Crippen LogP contribution in [0.4, 0.5) is 0 Å². The molecule has 0 saturated carbocycles. The third-order valence-electron chi connectivity index (χ3n) is 1.70. The molecule has 0 amide bonds. The van der Waals surface area contributed by atoms with Crippen molar-refractivity contribution < 1.29 is 0 Å². The van der Waals surface area contributed by atoms with E-state index >= 15 is 0 Å². The Balaban J connectivity index is 4.46. The Morgan fingerprint density at radius 3 is 2.20 bits per heavy atom. The maximum atomic E-state index is 5.62. The molecule has 0 atom stereocenters. The van der Waals surface area contributed by atoms with Crippen molar-refractivity contribution in [2.24, 2.45) is 5.73 Å². The second kappa shape index (κ2) is 3.99. The van der Waals surface area contributed by atoms with Crippen molar-refractivity contribution in [2.75, 3.05) is 7.05 Å². The lowest BCUT2D eigenvalue weighted by Gasteiger charge is -2.05. The van der Waals surface area contributed by atoms with Crippen molar-refractivity contribution in [3.05, 3.63) is 23.0 Å². The number of hydrogen-bond donors (Lipinski definition) is 2. The molecule has 0 aromatic rings. The number of rotatable bonds is 2. The van der Waals surface area contributed by atoms with Crippen molar-refractivity contribution in [3.63, 3.8) is 0 Å². The van der Waals surface area contributed by atoms with Crippen molar-refractivity contribution in [1.29, 1.82) is 0 Å². The molecule has 0 saturated heterocycles. The third-order valence-corrected chi connectivity index (χ3v) is 1.70. The Morgan fingerprint density at radius 1 is 1.40 bits per heavy atom. The molecule has 0 aromatic carbocycles. The van der Waals surface area contributed by atoms with E-state index in [1.807, 2.05) is 33.9 Å². The highest BCUT2D eigenvalue weighted by Gasteiger charge is 1.95. The van der Waals surface area contributed by atoms with E-state index in [4.69, 9.17) is 5.73 Å². The zero-order valence-electron chi connectivity index (χ0n) is 7.15. The van der Waals surface area contributed by atoms with Crippen LogP contribution in [0.15, 0.2) is 23.0 Å². The standard InChI is InChI=1S/C8H16N2/c1-5-6(2)7(3)8(9)10-4/h5,10H,9H2,1-4H3/b6-5?,8-7-. The van der Waals surface area contributed by atoms with Gasteiger partial charge in [0.1, 0.15) is 0 Å². The highest BCUT2D eigenvalue weighted by Crippen LogP contribution is 2.07. The van der Waals surface area contributed by atoms with E-state index in [0.717, 1.165) is 11.4 Å². The molecule has 2 heteroatoms. The van der Waals surface area contributed by atoms with Gasteiger partial charge in [-0.2, -0.15) is 0 Å². The van der Waals surface area contributed by atoms with E-state index in [1.165, 1.54) is 5.57 Å². The van der Waals surface area contributed by atoms with Crippen LogP contribution < -0.4 is 11.1 Å². The van der Waals surface area contributed by atoms with Gasteiger partial charge in [-0.15, -0.1) is 0 Å². The monoisotopic (exact) mass is 140 g/mol. The molecule has 0 radical (unpaired) electrons. The Bertz CT molecular complexity index is 166. The van der Waals surface area contributed by atoms with Gasteiger partial charge in [0.15, 0.2) is 0 Å². The molecule has 58 valence electrons. The van der Waals surface area contributed by atoms with E-state index in [-0.39, 0.29) is 0 Å². The fourth-order valence-corrected chi connectivity index (χ4v) is 0.616. The van der Waals surface area contributed by atoms with Gasteiger partial charge >= 0.3 is 0 Å². The molecule has 0 unspecified atom stereocenters. The molecule has 0 heterocycles. The van der Waals surface area contributed by atoms with E-state index in [9.17, 15) is 0 Å². The minimum absolute atomic E-state index is 0.746. The number of nitrogens with one attached hydrogen (secondary N) is 1. The maximum Gasteiger partial charge on any atom is 0.0990 e. The summed E-state index contributed by atoms with van der Waals surface area (Å²) in [5.74, 6) is 0.746. The molecule has 0 aromatic heterocycles. The van der Waals surface area contributed by atoms with Gasteiger partial charge in [0.25, 0.3) is 0 Å². The van der Waals surface area contributed by atoms with Crippen molar-refractivity contribution in [3.8, 4) is 0 Å². The molecule has 0 spiro atoms. The first-order valence-corrected chi connectivity index (χ1v) is 3.40. The van der Waals surface area contributed by atoms with Crippen molar-refractivity contribution >= 4 is 0 Å². The number of allylic oxidation sites excluding steroid dienone is 3. The highest BCUT2D eigenvalue weighted by molar-refractivity contribution is 5.29. The Kier molecular flexibility index (Phi) is 3.62. The molecule has 0 aliphatic carbocycles. The highest BCUT2D eigenvalue weighted by atomic mass is 15.0. The molecule has 3 N–H and O–H groups in total. The summed E-state index contributed by atoms with van der Waals surface area (Å²) >= 11 is 0. The van der Waals surface area contributed by atoms with Gasteiger partial charge < -0.3 is 11.1 Å². The van der Waals surface area contributed by atoms with Gasteiger partial charge in [-0.05, 0) is 31.9 Å². The van der Waals surface area contributed by atoms with Crippen LogP contribution in [0.5, 0.6) is 0 Å². The second-order valence-electron chi connectivity index (χ2n) is 2.26. The maximum absolute atomic E-state index is 5.62. The third kappa shape index (κ3) is 2.13. The first-order chi connectivity index (χ1) is 4.63. The lowest BCUT2D eigenvalue weighted by Crippen LogP contribution is -2.16. The summed E-state index contributed by atoms with van der Waals surface area (Å²) in [5, 5.41) is 2.90. The van der Waals surface area contributed by atoms with Crippen LogP contribution in [0.25, 0.3) is 0 Å². The molecule has 0 fully saturated rings. The van der Waals surface area contributed by atoms with Gasteiger partial charge in [-0.1, -0.05) is 6.08 Å². The molecule has 0 rings (SSSR count). The van der Waals surface area contributed by atoms with E-state index in [0.29, 0.717) is 0 Å². The van der Waals surface area contributed by atoms with Gasteiger partial charge in [0.05, 0.1) is 5.82 Å². The van der Waals surface area contributed by atoms with Crippen LogP contribution in [0.3, 0.4) is 0 Å². The summed E-state index contributed by atoms with van der Waals surface area (Å²) in [5.41, 5.74) is 7.95. The van der Waals surface area contributed by atoms with Gasteiger partial charge in [-0.25, -0.2) is 0 Å². The summed E-state index contributed by atoms with van der Waals surface area (Å²) < 4.78 is 0. The average Bonchev–Trinajstić information content (AvgIpc) is 2.00. The quantitative estimate of drug-likeness (QED) is 0.568. The Hall–Kier alpha value is -0.920. The Labute approximate surface area is 62.8 Å². The molecule has 2 nitrogen and oxygen atoms in total. The fourth-order valence-electron chi connectivity index (χ4n) is 0.616. The largest absolute Gasteiger partial charge is 0.385 e. The lowest BCUT2D eigenvalue weighted by atomic mass is 10.1. The molecule has 0 bridgehead atoms. The van der Waals surface area contributed by atoms with Gasteiger partial charge in [-0.3, -0.25) is 0 Å². The summed E-state index contributed by atoms with van der Waals surface area (Å²) in [4.78, 5) is 0. The topological polar surface area (TPSA) is 38.0 Å². The van der Waals surface area contributed by atoms with Gasteiger partial charge in [0, 0.05) is 7.05 Å². The molecule has 0 aliphatic heterocycles. The van der Waals surface area contributed by atoms with E-state index < -0.39 is 0 Å². The summed E-state index contributed by atoms with van der Waals surface area (Å²) in [6.45, 7) is 6.04. The number of hydrogen-bond acceptors (Lipinski definition) is 2. The first kappa shape index (κ1) is 9.08. The van der Waals surface area contributed by atoms with Crippen LogP contribution >= 0.6 is 0 Å². The Morgan fingerprint density at radius 2 is 1.90 bits per heavy atom. The normalized spacial score (nSPS) is 14.6. The zero-order valence-corrected chi connectivity index (χ0v) is 7.15. The fraction of sp³-hybridized carbons (Fsp3) is 0.500. The lowest BCUT2D eigenvalue weighted by molar-refractivity contribution is 0.936. The zero-order chi connectivity index (χ0) is 8.15. The van der Waals surface area contributed by atoms with Crippen LogP contribution in [0.1, 0.15) is 20.8 Å². The predicted molar refractivity (Wildman–Crippen MR) is 45.4 cm³/mol. The minimum Gasteiger partial charge on any atom is -0.385 e. The van der Waals surface area contributed by atoms with Crippen LogP contribution in [-0.4, -0.2) is 7.05 Å². The summed E-state index contributed by atoms with van der Waals surface area (Å²) in [6, 6.07) is 0. The van der Waals surface area contributed by atoms with Crippen LogP contribution in [-0.2, 0) is 0 Å². The number of nitrogens with two attached hydrogens (primary N) is 1. The minimum atomic E-state index is 0.746. The van der Waals surface area contributed by atoms with Crippen LogP contribution in [0.2, 0.25) is 0 Å². The van der Waals surface area contributed by atoms with Crippen molar-refractivity contribution in [1.82, 2.24) is 5.32 Å². The van der Waals surface area contributed by atoms with Gasteiger partial charge in [0.2, 0.25) is 0 Å². The average molecular weight is 140 g/mol. The van der Waals surface area contributed by atoms with Crippen LogP contribution in [0, 0.1) is 0 Å². The first-order valence-electron chi connectivity index (χ1n) is 3.40. The van der Waals surface area contributed by atoms with Crippen molar-refractivity contribution in [2.45, 2.75) is 20.8 Å². The molecule has 0 aliphatic rings. The molecule has 10 heavy (non-hydrogen) atoms. The van der Waals surface area contributed by atoms with E-state index in [1.54, 1.807) is 0 Å². The van der Waals surface area contributed by atoms with E-state index in [2.05, 4.69) is 5.32 Å². The molecular formula is C8H16N2.